The van der Waals surface area contributed by atoms with Gasteiger partial charge in [-0.05, 0) is 19.1 Å². The molecule has 0 atom stereocenters. The molecule has 0 saturated carbocycles. The average molecular weight is 285 g/mol. The van der Waals surface area contributed by atoms with E-state index in [-0.39, 0.29) is 0 Å². The van der Waals surface area contributed by atoms with Crippen molar-refractivity contribution >= 4 is 28.1 Å². The molecule has 0 spiro atoms. The van der Waals surface area contributed by atoms with Crippen molar-refractivity contribution in [3.05, 3.63) is 22.0 Å². The Balaban J connectivity index is 2.65. The van der Waals surface area contributed by atoms with Gasteiger partial charge < -0.3 is 15.2 Å². The molecule has 18 heavy (non-hydrogen) atoms. The highest BCUT2D eigenvalue weighted by Gasteiger charge is 2.18. The number of halogens is 1. The number of rotatable bonds is 3. The van der Waals surface area contributed by atoms with Crippen LogP contribution in [0.25, 0.3) is 11.3 Å². The molecule has 0 amide bonds. The van der Waals surface area contributed by atoms with E-state index in [0.29, 0.717) is 21.7 Å². The number of aryl methyl sites for hydroxylation is 1. The summed E-state index contributed by atoms with van der Waals surface area (Å²) in [5, 5.41) is 0.958. The van der Waals surface area contributed by atoms with Crippen LogP contribution >= 0.6 is 22.9 Å². The van der Waals surface area contributed by atoms with Gasteiger partial charge in [-0.15, -0.1) is 11.3 Å². The standard InChI is InChI=1S/C12H13ClN2O2S/c1-6-10(15-12(14)18-6)7-4-5-8(16-2)9(13)11(7)17-3/h4-5H,1-3H3,(H2,14,15). The number of thiazole rings is 1. The Hall–Kier alpha value is -1.46. The van der Waals surface area contributed by atoms with Gasteiger partial charge >= 0.3 is 0 Å². The Labute approximate surface area is 114 Å². The normalized spacial score (nSPS) is 10.4. The van der Waals surface area contributed by atoms with E-state index in [2.05, 4.69) is 4.98 Å². The summed E-state index contributed by atoms with van der Waals surface area (Å²) in [7, 11) is 3.13. The molecule has 4 nitrogen and oxygen atoms in total. The van der Waals surface area contributed by atoms with Gasteiger partial charge in [0, 0.05) is 10.4 Å². The van der Waals surface area contributed by atoms with Crippen LogP contribution in [0.2, 0.25) is 5.02 Å². The molecule has 2 aromatic rings. The van der Waals surface area contributed by atoms with Crippen LogP contribution < -0.4 is 15.2 Å². The van der Waals surface area contributed by atoms with Gasteiger partial charge in [0.25, 0.3) is 0 Å². The fourth-order valence-corrected chi connectivity index (χ4v) is 2.77. The SMILES string of the molecule is COc1ccc(-c2nc(N)sc2C)c(OC)c1Cl. The number of nitrogens with two attached hydrogens (primary N) is 1. The molecule has 1 aromatic carbocycles. The number of nitrogen functional groups attached to an aromatic ring is 1. The molecule has 2 rings (SSSR count). The van der Waals surface area contributed by atoms with Crippen molar-refractivity contribution in [3.8, 4) is 22.8 Å². The predicted octanol–water partition coefficient (Wildman–Crippen LogP) is 3.37. The van der Waals surface area contributed by atoms with Gasteiger partial charge in [-0.2, -0.15) is 0 Å². The van der Waals surface area contributed by atoms with Crippen molar-refractivity contribution < 1.29 is 9.47 Å². The molecule has 0 bridgehead atoms. The lowest BCUT2D eigenvalue weighted by atomic mass is 10.1. The van der Waals surface area contributed by atoms with Crippen LogP contribution in [-0.4, -0.2) is 19.2 Å². The van der Waals surface area contributed by atoms with E-state index < -0.39 is 0 Å². The summed E-state index contributed by atoms with van der Waals surface area (Å²) in [6.07, 6.45) is 0. The van der Waals surface area contributed by atoms with Crippen LogP contribution in [0.4, 0.5) is 5.13 Å². The Morgan fingerprint density at radius 2 is 2.00 bits per heavy atom. The number of aromatic nitrogens is 1. The van der Waals surface area contributed by atoms with Crippen LogP contribution in [0.5, 0.6) is 11.5 Å². The quantitative estimate of drug-likeness (QED) is 0.939. The van der Waals surface area contributed by atoms with Crippen LogP contribution in [0, 0.1) is 6.92 Å². The minimum absolute atomic E-state index is 0.434. The minimum atomic E-state index is 0.434. The van der Waals surface area contributed by atoms with E-state index >= 15 is 0 Å². The van der Waals surface area contributed by atoms with E-state index in [0.717, 1.165) is 16.1 Å². The Kier molecular flexibility index (Phi) is 3.63. The van der Waals surface area contributed by atoms with Gasteiger partial charge in [0.1, 0.15) is 10.8 Å². The van der Waals surface area contributed by atoms with Gasteiger partial charge in [0.05, 0.1) is 19.9 Å². The van der Waals surface area contributed by atoms with E-state index in [1.807, 2.05) is 13.0 Å². The van der Waals surface area contributed by atoms with Crippen molar-refractivity contribution in [3.63, 3.8) is 0 Å². The third-order valence-electron chi connectivity index (χ3n) is 2.55. The fraction of sp³-hybridized carbons (Fsp3) is 0.250. The molecule has 1 heterocycles. The largest absolute Gasteiger partial charge is 0.495 e. The number of methoxy groups -OCH3 is 2. The van der Waals surface area contributed by atoms with Crippen LogP contribution in [0.3, 0.4) is 0 Å². The minimum Gasteiger partial charge on any atom is -0.495 e. The second-order valence-electron chi connectivity index (χ2n) is 3.62. The monoisotopic (exact) mass is 284 g/mol. The maximum Gasteiger partial charge on any atom is 0.180 e. The summed E-state index contributed by atoms with van der Waals surface area (Å²) in [6, 6.07) is 3.65. The number of nitrogens with zero attached hydrogens (tertiary/aromatic N) is 1. The van der Waals surface area contributed by atoms with Crippen LogP contribution in [0.15, 0.2) is 12.1 Å². The molecule has 0 fully saturated rings. The van der Waals surface area contributed by atoms with E-state index in [9.17, 15) is 0 Å². The zero-order chi connectivity index (χ0) is 13.3. The summed E-state index contributed by atoms with van der Waals surface area (Å²) in [4.78, 5) is 5.32. The van der Waals surface area contributed by atoms with Crippen molar-refractivity contribution in [1.29, 1.82) is 0 Å². The van der Waals surface area contributed by atoms with Gasteiger partial charge in [-0.25, -0.2) is 4.98 Å². The first-order valence-corrected chi connectivity index (χ1v) is 6.41. The topological polar surface area (TPSA) is 57.4 Å². The molecule has 0 aliphatic rings. The van der Waals surface area contributed by atoms with Crippen LogP contribution in [0.1, 0.15) is 4.88 Å². The zero-order valence-corrected chi connectivity index (χ0v) is 11.9. The smallest absolute Gasteiger partial charge is 0.180 e. The number of anilines is 1. The second-order valence-corrected chi connectivity index (χ2v) is 5.23. The highest BCUT2D eigenvalue weighted by atomic mass is 35.5. The molecule has 0 saturated heterocycles. The first-order valence-electron chi connectivity index (χ1n) is 5.22. The maximum absolute atomic E-state index is 6.22. The second kappa shape index (κ2) is 5.04. The van der Waals surface area contributed by atoms with Gasteiger partial charge in [-0.1, -0.05) is 11.6 Å². The molecular formula is C12H13ClN2O2S. The molecule has 2 N–H and O–H groups in total. The lowest BCUT2D eigenvalue weighted by Gasteiger charge is -2.12. The third kappa shape index (κ3) is 2.11. The van der Waals surface area contributed by atoms with Crippen molar-refractivity contribution in [2.75, 3.05) is 20.0 Å². The molecular weight excluding hydrogens is 272 g/mol. The predicted molar refractivity (Wildman–Crippen MR) is 74.8 cm³/mol. The van der Waals surface area contributed by atoms with Gasteiger partial charge in [-0.3, -0.25) is 0 Å². The van der Waals surface area contributed by atoms with Crippen molar-refractivity contribution in [1.82, 2.24) is 4.98 Å². The van der Waals surface area contributed by atoms with Gasteiger partial charge in [0.15, 0.2) is 10.9 Å². The Morgan fingerprint density at radius 1 is 1.28 bits per heavy atom. The molecule has 1 aromatic heterocycles. The molecule has 0 unspecified atom stereocenters. The molecule has 0 radical (unpaired) electrons. The number of benzene rings is 1. The highest BCUT2D eigenvalue weighted by Crippen LogP contribution is 2.43. The first-order chi connectivity index (χ1) is 8.58. The number of hydrogen-bond donors (Lipinski definition) is 1. The lowest BCUT2D eigenvalue weighted by Crippen LogP contribution is -1.94. The summed E-state index contributed by atoms with van der Waals surface area (Å²) < 4.78 is 10.5. The lowest BCUT2D eigenvalue weighted by molar-refractivity contribution is 0.396. The Bertz CT molecular complexity index is 584. The Morgan fingerprint density at radius 3 is 2.50 bits per heavy atom. The van der Waals surface area contributed by atoms with Gasteiger partial charge in [0.2, 0.25) is 0 Å². The van der Waals surface area contributed by atoms with Crippen LogP contribution in [-0.2, 0) is 0 Å². The summed E-state index contributed by atoms with van der Waals surface area (Å²) in [5.41, 5.74) is 7.32. The molecule has 6 heteroatoms. The summed E-state index contributed by atoms with van der Waals surface area (Å²) in [5.74, 6) is 1.11. The maximum atomic E-state index is 6.22. The fourth-order valence-electron chi connectivity index (χ4n) is 1.75. The average Bonchev–Trinajstić information content (AvgIpc) is 2.68. The number of ether oxygens (including phenoxy) is 2. The zero-order valence-electron chi connectivity index (χ0n) is 10.3. The van der Waals surface area contributed by atoms with E-state index in [1.165, 1.54) is 11.3 Å². The summed E-state index contributed by atoms with van der Waals surface area (Å²) >= 11 is 7.65. The first kappa shape index (κ1) is 13.0. The van der Waals surface area contributed by atoms with Crippen molar-refractivity contribution in [2.24, 2.45) is 0 Å². The molecule has 96 valence electrons. The highest BCUT2D eigenvalue weighted by molar-refractivity contribution is 7.15. The third-order valence-corrected chi connectivity index (χ3v) is 3.71. The van der Waals surface area contributed by atoms with Crippen molar-refractivity contribution in [2.45, 2.75) is 6.92 Å². The molecule has 0 aliphatic heterocycles. The van der Waals surface area contributed by atoms with E-state index in [1.54, 1.807) is 20.3 Å². The van der Waals surface area contributed by atoms with E-state index in [4.69, 9.17) is 26.8 Å². The summed E-state index contributed by atoms with van der Waals surface area (Å²) in [6.45, 7) is 1.96. The molecule has 0 aliphatic carbocycles. The number of hydrogen-bond acceptors (Lipinski definition) is 5.